The standard InChI is InChI=1S/C18H37N3O2.HI/c1-6-8-13-23-16-14-15(18(16,3)4)21-17(19-5)20-11-9-10-12-22-7-2;/h15-16H,6-14H2,1-5H3,(H2,19,20,21);1H. The smallest absolute Gasteiger partial charge is 0.191 e. The van der Waals surface area contributed by atoms with Gasteiger partial charge in [0, 0.05) is 44.9 Å². The summed E-state index contributed by atoms with van der Waals surface area (Å²) in [5, 5.41) is 6.94. The number of guanidine groups is 1. The van der Waals surface area contributed by atoms with Crippen molar-refractivity contribution in [3.8, 4) is 0 Å². The van der Waals surface area contributed by atoms with E-state index >= 15 is 0 Å². The molecule has 0 amide bonds. The predicted octanol–water partition coefficient (Wildman–Crippen LogP) is 3.57. The number of rotatable bonds is 11. The van der Waals surface area contributed by atoms with Gasteiger partial charge in [-0.3, -0.25) is 4.99 Å². The lowest BCUT2D eigenvalue weighted by molar-refractivity contribution is -0.113. The molecule has 24 heavy (non-hydrogen) atoms. The van der Waals surface area contributed by atoms with Crippen LogP contribution in [0.2, 0.25) is 0 Å². The van der Waals surface area contributed by atoms with Gasteiger partial charge < -0.3 is 20.1 Å². The fourth-order valence-electron chi connectivity index (χ4n) is 2.82. The molecule has 0 aromatic carbocycles. The molecule has 0 radical (unpaired) electrons. The van der Waals surface area contributed by atoms with E-state index in [0.29, 0.717) is 12.1 Å². The van der Waals surface area contributed by atoms with Gasteiger partial charge >= 0.3 is 0 Å². The number of aliphatic imine (C=N–C) groups is 1. The van der Waals surface area contributed by atoms with Gasteiger partial charge in [0.25, 0.3) is 0 Å². The number of hydrogen-bond donors (Lipinski definition) is 2. The van der Waals surface area contributed by atoms with Crippen molar-refractivity contribution in [2.75, 3.05) is 33.4 Å². The van der Waals surface area contributed by atoms with Gasteiger partial charge in [-0.2, -0.15) is 0 Å². The molecule has 1 saturated carbocycles. The minimum absolute atomic E-state index is 0. The predicted molar refractivity (Wildman–Crippen MR) is 112 cm³/mol. The van der Waals surface area contributed by atoms with Gasteiger partial charge in [0.2, 0.25) is 0 Å². The Balaban J connectivity index is 0.00000529. The average molecular weight is 455 g/mol. The van der Waals surface area contributed by atoms with E-state index in [1.807, 2.05) is 14.0 Å². The second-order valence-corrected chi connectivity index (χ2v) is 6.87. The Hall–Kier alpha value is -0.0800. The van der Waals surface area contributed by atoms with Crippen molar-refractivity contribution in [1.29, 1.82) is 0 Å². The molecule has 0 spiro atoms. The fraction of sp³-hybridized carbons (Fsp3) is 0.944. The Morgan fingerprint density at radius 3 is 2.50 bits per heavy atom. The molecule has 0 aromatic heterocycles. The summed E-state index contributed by atoms with van der Waals surface area (Å²) in [6, 6.07) is 0.420. The van der Waals surface area contributed by atoms with E-state index in [0.717, 1.165) is 58.0 Å². The summed E-state index contributed by atoms with van der Waals surface area (Å²) in [6.07, 6.45) is 5.93. The van der Waals surface area contributed by atoms with Crippen LogP contribution in [0.15, 0.2) is 4.99 Å². The summed E-state index contributed by atoms with van der Waals surface area (Å²) in [6.45, 7) is 12.2. The van der Waals surface area contributed by atoms with E-state index in [4.69, 9.17) is 9.47 Å². The second kappa shape index (κ2) is 13.2. The third-order valence-electron chi connectivity index (χ3n) is 4.74. The maximum absolute atomic E-state index is 6.00. The zero-order valence-corrected chi connectivity index (χ0v) is 18.5. The zero-order valence-electron chi connectivity index (χ0n) is 16.2. The number of nitrogens with zero attached hydrogens (tertiary/aromatic N) is 1. The van der Waals surface area contributed by atoms with Crippen molar-refractivity contribution in [2.45, 2.75) is 71.9 Å². The largest absolute Gasteiger partial charge is 0.382 e. The van der Waals surface area contributed by atoms with Crippen molar-refractivity contribution in [3.63, 3.8) is 0 Å². The highest BCUT2D eigenvalue weighted by Crippen LogP contribution is 2.42. The van der Waals surface area contributed by atoms with Gasteiger partial charge in [-0.1, -0.05) is 27.2 Å². The minimum Gasteiger partial charge on any atom is -0.382 e. The van der Waals surface area contributed by atoms with Crippen LogP contribution < -0.4 is 10.6 Å². The maximum Gasteiger partial charge on any atom is 0.191 e. The molecule has 2 unspecified atom stereocenters. The number of halogens is 1. The summed E-state index contributed by atoms with van der Waals surface area (Å²) in [7, 11) is 1.83. The molecule has 0 saturated heterocycles. The normalized spacial score (nSPS) is 22.5. The van der Waals surface area contributed by atoms with E-state index in [1.165, 1.54) is 6.42 Å². The van der Waals surface area contributed by atoms with Gasteiger partial charge in [0.1, 0.15) is 0 Å². The van der Waals surface area contributed by atoms with E-state index in [-0.39, 0.29) is 29.4 Å². The quantitative estimate of drug-likeness (QED) is 0.217. The van der Waals surface area contributed by atoms with Gasteiger partial charge in [0.15, 0.2) is 5.96 Å². The first-order chi connectivity index (χ1) is 11.1. The van der Waals surface area contributed by atoms with Crippen LogP contribution >= 0.6 is 24.0 Å². The van der Waals surface area contributed by atoms with Crippen LogP contribution in [0.5, 0.6) is 0 Å². The maximum atomic E-state index is 6.00. The summed E-state index contributed by atoms with van der Waals surface area (Å²) in [4.78, 5) is 4.33. The molecule has 1 aliphatic carbocycles. The van der Waals surface area contributed by atoms with Crippen LogP contribution in [0.4, 0.5) is 0 Å². The second-order valence-electron chi connectivity index (χ2n) is 6.87. The summed E-state index contributed by atoms with van der Waals surface area (Å²) < 4.78 is 11.4. The molecule has 1 rings (SSSR count). The molecule has 2 N–H and O–H groups in total. The SMILES string of the molecule is CCCCOC1CC(NC(=NC)NCCCCOCC)C1(C)C.I. The molecule has 1 fully saturated rings. The molecule has 0 bridgehead atoms. The van der Waals surface area contributed by atoms with Gasteiger partial charge in [0.05, 0.1) is 6.10 Å². The Kier molecular flexibility index (Phi) is 13.1. The topological polar surface area (TPSA) is 54.9 Å². The van der Waals surface area contributed by atoms with Gasteiger partial charge in [-0.25, -0.2) is 0 Å². The highest BCUT2D eigenvalue weighted by Gasteiger charge is 2.49. The van der Waals surface area contributed by atoms with Crippen molar-refractivity contribution in [1.82, 2.24) is 10.6 Å². The van der Waals surface area contributed by atoms with Crippen molar-refractivity contribution in [3.05, 3.63) is 0 Å². The third-order valence-corrected chi connectivity index (χ3v) is 4.74. The van der Waals surface area contributed by atoms with Crippen molar-refractivity contribution < 1.29 is 9.47 Å². The van der Waals surface area contributed by atoms with Crippen LogP contribution in [-0.2, 0) is 9.47 Å². The number of unbranched alkanes of at least 4 members (excludes halogenated alkanes) is 2. The van der Waals surface area contributed by atoms with E-state index in [1.54, 1.807) is 0 Å². The number of ether oxygens (including phenoxy) is 2. The summed E-state index contributed by atoms with van der Waals surface area (Å²) >= 11 is 0. The lowest BCUT2D eigenvalue weighted by Gasteiger charge is -2.52. The lowest BCUT2D eigenvalue weighted by Crippen LogP contribution is -2.63. The minimum atomic E-state index is 0. The highest BCUT2D eigenvalue weighted by atomic mass is 127. The van der Waals surface area contributed by atoms with Crippen molar-refractivity contribution in [2.24, 2.45) is 10.4 Å². The highest BCUT2D eigenvalue weighted by molar-refractivity contribution is 14.0. The molecule has 0 heterocycles. The van der Waals surface area contributed by atoms with Crippen LogP contribution in [0.3, 0.4) is 0 Å². The Morgan fingerprint density at radius 2 is 1.92 bits per heavy atom. The van der Waals surface area contributed by atoms with Crippen LogP contribution in [-0.4, -0.2) is 51.5 Å². The molecule has 144 valence electrons. The molecule has 0 aliphatic heterocycles. The fourth-order valence-corrected chi connectivity index (χ4v) is 2.82. The Bertz CT molecular complexity index is 351. The molecule has 2 atom stereocenters. The molecule has 0 aromatic rings. The van der Waals surface area contributed by atoms with Crippen LogP contribution in [0.25, 0.3) is 0 Å². The molecular weight excluding hydrogens is 417 g/mol. The first-order valence-corrected chi connectivity index (χ1v) is 9.22. The zero-order chi connectivity index (χ0) is 17.1. The average Bonchev–Trinajstić information content (AvgIpc) is 2.54. The van der Waals surface area contributed by atoms with Crippen molar-refractivity contribution >= 4 is 29.9 Å². The lowest BCUT2D eigenvalue weighted by atomic mass is 9.64. The molecule has 1 aliphatic rings. The Labute approximate surface area is 165 Å². The van der Waals surface area contributed by atoms with Crippen LogP contribution in [0, 0.1) is 5.41 Å². The number of hydrogen-bond acceptors (Lipinski definition) is 3. The summed E-state index contributed by atoms with van der Waals surface area (Å²) in [5.41, 5.74) is 0.153. The Morgan fingerprint density at radius 1 is 1.17 bits per heavy atom. The first kappa shape index (κ1) is 23.9. The molecular formula is C18H38IN3O2. The van der Waals surface area contributed by atoms with E-state index < -0.39 is 0 Å². The van der Waals surface area contributed by atoms with Gasteiger partial charge in [-0.05, 0) is 32.6 Å². The number of nitrogens with one attached hydrogen (secondary N) is 2. The monoisotopic (exact) mass is 455 g/mol. The van der Waals surface area contributed by atoms with E-state index in [9.17, 15) is 0 Å². The van der Waals surface area contributed by atoms with Gasteiger partial charge in [-0.15, -0.1) is 24.0 Å². The summed E-state index contributed by atoms with van der Waals surface area (Å²) in [5.74, 6) is 0.895. The van der Waals surface area contributed by atoms with E-state index in [2.05, 4.69) is 36.4 Å². The third kappa shape index (κ3) is 7.87. The van der Waals surface area contributed by atoms with Crippen LogP contribution in [0.1, 0.15) is 59.8 Å². The molecule has 6 heteroatoms. The molecule has 5 nitrogen and oxygen atoms in total. The first-order valence-electron chi connectivity index (χ1n) is 9.22.